The number of aryl methyl sites for hydroxylation is 1. The summed E-state index contributed by atoms with van der Waals surface area (Å²) >= 11 is 0. The molecule has 1 N–H and O–H groups in total. The van der Waals surface area contributed by atoms with Crippen LogP contribution in [0.3, 0.4) is 0 Å². The lowest BCUT2D eigenvalue weighted by Crippen LogP contribution is -2.36. The topological polar surface area (TPSA) is 12.0 Å². The molecule has 1 saturated heterocycles. The zero-order chi connectivity index (χ0) is 11.4. The van der Waals surface area contributed by atoms with Crippen molar-refractivity contribution in [3.63, 3.8) is 0 Å². The smallest absolute Gasteiger partial charge is 0.00752 e. The molecule has 0 radical (unpaired) electrons. The third-order valence-corrected chi connectivity index (χ3v) is 4.03. The van der Waals surface area contributed by atoms with Crippen molar-refractivity contribution in [1.82, 2.24) is 5.32 Å². The number of benzene rings is 1. The van der Waals surface area contributed by atoms with Crippen molar-refractivity contribution < 1.29 is 0 Å². The van der Waals surface area contributed by atoms with Crippen LogP contribution >= 0.6 is 0 Å². The Labute approximate surface area is 99.3 Å². The molecule has 1 aliphatic heterocycles. The Kier molecular flexibility index (Phi) is 3.65. The molecule has 1 aromatic rings. The maximum Gasteiger partial charge on any atom is 0.00752 e. The summed E-state index contributed by atoms with van der Waals surface area (Å²) < 4.78 is 0. The van der Waals surface area contributed by atoms with Gasteiger partial charge in [-0.1, -0.05) is 43.2 Å². The van der Waals surface area contributed by atoms with Gasteiger partial charge in [0.2, 0.25) is 0 Å². The van der Waals surface area contributed by atoms with Gasteiger partial charge in [0.15, 0.2) is 0 Å². The van der Waals surface area contributed by atoms with E-state index in [1.54, 1.807) is 0 Å². The van der Waals surface area contributed by atoms with Gasteiger partial charge in [-0.25, -0.2) is 0 Å². The summed E-state index contributed by atoms with van der Waals surface area (Å²) in [4.78, 5) is 0. The molecule has 0 aromatic heterocycles. The van der Waals surface area contributed by atoms with Crippen molar-refractivity contribution in [3.05, 3.63) is 35.4 Å². The summed E-state index contributed by atoms with van der Waals surface area (Å²) in [5.41, 5.74) is 3.29. The molecule has 16 heavy (non-hydrogen) atoms. The molecule has 0 aliphatic carbocycles. The van der Waals surface area contributed by atoms with Gasteiger partial charge in [0.25, 0.3) is 0 Å². The fourth-order valence-corrected chi connectivity index (χ4v) is 2.86. The van der Waals surface area contributed by atoms with Gasteiger partial charge in [-0.3, -0.25) is 0 Å². The molecule has 1 heterocycles. The highest BCUT2D eigenvalue weighted by atomic mass is 14.9. The van der Waals surface area contributed by atoms with Gasteiger partial charge in [-0.05, 0) is 38.3 Å². The molecule has 1 aromatic carbocycles. The first-order valence-corrected chi connectivity index (χ1v) is 6.55. The maximum absolute atomic E-state index is 3.61. The van der Waals surface area contributed by atoms with Gasteiger partial charge in [0.1, 0.15) is 0 Å². The second-order valence-electron chi connectivity index (χ2n) is 5.14. The monoisotopic (exact) mass is 217 g/mol. The molecule has 1 heteroatoms. The normalized spacial score (nSPS) is 26.4. The van der Waals surface area contributed by atoms with Crippen LogP contribution in [0.4, 0.5) is 0 Å². The molecule has 2 rings (SSSR count). The van der Waals surface area contributed by atoms with E-state index in [-0.39, 0.29) is 0 Å². The van der Waals surface area contributed by atoms with Crippen molar-refractivity contribution in [3.8, 4) is 0 Å². The summed E-state index contributed by atoms with van der Waals surface area (Å²) in [6.07, 6.45) is 5.26. The highest BCUT2D eigenvalue weighted by Gasteiger charge is 2.30. The van der Waals surface area contributed by atoms with Crippen LogP contribution < -0.4 is 5.32 Å². The Bertz CT molecular complexity index is 335. The van der Waals surface area contributed by atoms with E-state index in [1.807, 2.05) is 0 Å². The second kappa shape index (κ2) is 5.01. The van der Waals surface area contributed by atoms with Crippen LogP contribution in [0.1, 0.15) is 43.7 Å². The highest BCUT2D eigenvalue weighted by molar-refractivity contribution is 5.30. The molecular formula is C15H23N. The number of rotatable bonds is 2. The van der Waals surface area contributed by atoms with Gasteiger partial charge in [-0.2, -0.15) is 0 Å². The van der Waals surface area contributed by atoms with Gasteiger partial charge < -0.3 is 5.32 Å². The van der Waals surface area contributed by atoms with Crippen LogP contribution in [0, 0.1) is 6.92 Å². The Morgan fingerprint density at radius 1 is 1.31 bits per heavy atom. The lowest BCUT2D eigenvalue weighted by molar-refractivity contribution is 0.376. The summed E-state index contributed by atoms with van der Waals surface area (Å²) in [5, 5.41) is 3.61. The van der Waals surface area contributed by atoms with E-state index in [0.717, 1.165) is 6.54 Å². The van der Waals surface area contributed by atoms with E-state index in [4.69, 9.17) is 0 Å². The number of hydrogen-bond donors (Lipinski definition) is 1. The summed E-state index contributed by atoms with van der Waals surface area (Å²) in [6, 6.07) is 9.07. The molecule has 1 unspecified atom stereocenters. The van der Waals surface area contributed by atoms with Gasteiger partial charge >= 0.3 is 0 Å². The van der Waals surface area contributed by atoms with E-state index in [2.05, 4.69) is 43.4 Å². The summed E-state index contributed by atoms with van der Waals surface area (Å²) in [5.74, 6) is 0. The molecular weight excluding hydrogens is 194 g/mol. The average Bonchev–Trinajstić information content (AvgIpc) is 2.55. The Balaban J connectivity index is 2.31. The molecule has 0 amide bonds. The molecule has 1 aliphatic rings. The van der Waals surface area contributed by atoms with E-state index in [9.17, 15) is 0 Å². The molecule has 88 valence electrons. The van der Waals surface area contributed by atoms with Crippen LogP contribution in [0.2, 0.25) is 0 Å². The zero-order valence-corrected chi connectivity index (χ0v) is 10.6. The minimum Gasteiger partial charge on any atom is -0.316 e. The summed E-state index contributed by atoms with van der Waals surface area (Å²) in [6.45, 7) is 6.85. The number of hydrogen-bond acceptors (Lipinski definition) is 1. The van der Waals surface area contributed by atoms with Crippen molar-refractivity contribution >= 4 is 0 Å². The van der Waals surface area contributed by atoms with E-state index in [1.165, 1.54) is 43.4 Å². The van der Waals surface area contributed by atoms with E-state index < -0.39 is 0 Å². The summed E-state index contributed by atoms with van der Waals surface area (Å²) in [7, 11) is 0. The van der Waals surface area contributed by atoms with Gasteiger partial charge in [0, 0.05) is 12.0 Å². The maximum atomic E-state index is 3.61. The lowest BCUT2D eigenvalue weighted by Gasteiger charge is -2.32. The minimum atomic E-state index is 0.377. The second-order valence-corrected chi connectivity index (χ2v) is 5.14. The molecule has 1 atom stereocenters. The predicted octanol–water partition coefficient (Wildman–Crippen LogP) is 3.42. The van der Waals surface area contributed by atoms with Crippen molar-refractivity contribution in [2.24, 2.45) is 0 Å². The van der Waals surface area contributed by atoms with Crippen molar-refractivity contribution in [2.45, 2.75) is 44.9 Å². The zero-order valence-electron chi connectivity index (χ0n) is 10.6. The fourth-order valence-electron chi connectivity index (χ4n) is 2.86. The molecule has 0 bridgehead atoms. The molecule has 0 spiro atoms. The predicted molar refractivity (Wildman–Crippen MR) is 69.9 cm³/mol. The van der Waals surface area contributed by atoms with Gasteiger partial charge in [0.05, 0.1) is 0 Å². The van der Waals surface area contributed by atoms with Crippen molar-refractivity contribution in [2.75, 3.05) is 13.1 Å². The fraction of sp³-hybridized carbons (Fsp3) is 0.600. The quantitative estimate of drug-likeness (QED) is 0.800. The third-order valence-electron chi connectivity index (χ3n) is 4.03. The van der Waals surface area contributed by atoms with Crippen LogP contribution in [-0.4, -0.2) is 13.1 Å². The Morgan fingerprint density at radius 2 is 2.19 bits per heavy atom. The van der Waals surface area contributed by atoms with Crippen LogP contribution in [0.5, 0.6) is 0 Å². The van der Waals surface area contributed by atoms with Crippen LogP contribution in [0.25, 0.3) is 0 Å². The first-order valence-electron chi connectivity index (χ1n) is 6.55. The lowest BCUT2D eigenvalue weighted by atomic mass is 9.74. The SMILES string of the molecule is CCC1(c2cccc(C)c2)CCCCNC1. The Hall–Kier alpha value is -0.820. The van der Waals surface area contributed by atoms with Crippen LogP contribution in [-0.2, 0) is 5.41 Å². The first kappa shape index (κ1) is 11.7. The van der Waals surface area contributed by atoms with Gasteiger partial charge in [-0.15, -0.1) is 0 Å². The minimum absolute atomic E-state index is 0.377. The van der Waals surface area contributed by atoms with E-state index >= 15 is 0 Å². The molecule has 1 fully saturated rings. The molecule has 1 nitrogen and oxygen atoms in total. The highest BCUT2D eigenvalue weighted by Crippen LogP contribution is 2.34. The van der Waals surface area contributed by atoms with Crippen molar-refractivity contribution in [1.29, 1.82) is 0 Å². The first-order chi connectivity index (χ1) is 7.77. The number of nitrogens with one attached hydrogen (secondary N) is 1. The standard InChI is InChI=1S/C15H23N/c1-3-15(9-4-5-10-16-12-15)14-8-6-7-13(2)11-14/h6-8,11,16H,3-5,9-10,12H2,1-2H3. The average molecular weight is 217 g/mol. The van der Waals surface area contributed by atoms with Crippen LogP contribution in [0.15, 0.2) is 24.3 Å². The third kappa shape index (κ3) is 2.30. The molecule has 0 saturated carbocycles. The Morgan fingerprint density at radius 3 is 2.94 bits per heavy atom. The largest absolute Gasteiger partial charge is 0.316 e. The van der Waals surface area contributed by atoms with E-state index in [0.29, 0.717) is 5.41 Å².